The summed E-state index contributed by atoms with van der Waals surface area (Å²) in [4.78, 5) is 13.5. The molecule has 0 aliphatic carbocycles. The van der Waals surface area contributed by atoms with Crippen molar-refractivity contribution in [2.75, 3.05) is 7.05 Å². The third-order valence-corrected chi connectivity index (χ3v) is 3.16. The molecule has 0 saturated heterocycles. The molecule has 2 rings (SSSR count). The Labute approximate surface area is 94.8 Å². The minimum Gasteiger partial charge on any atom is -0.337 e. The Bertz CT molecular complexity index is 426. The van der Waals surface area contributed by atoms with Crippen molar-refractivity contribution in [3.63, 3.8) is 0 Å². The third kappa shape index (κ3) is 1.63. The number of carbonyl (C=O) groups is 1. The number of hydrogen-bond donors (Lipinski definition) is 0. The zero-order valence-corrected chi connectivity index (χ0v) is 9.93. The van der Waals surface area contributed by atoms with Crippen LogP contribution in [0, 0.1) is 0 Å². The zero-order chi connectivity index (χ0) is 11.2. The lowest BCUT2D eigenvalue weighted by molar-refractivity contribution is 0.0816. The number of carbonyl (C=O) groups excluding carboxylic acids is 1. The SMILES string of the molecule is CC(C)c1cc2c(cc1Cl)CN(C)C2=O. The fourth-order valence-corrected chi connectivity index (χ4v) is 2.34. The van der Waals surface area contributed by atoms with E-state index in [1.807, 2.05) is 19.2 Å². The smallest absolute Gasteiger partial charge is 0.254 e. The second-order valence-corrected chi connectivity index (χ2v) is 4.75. The molecule has 1 aromatic carbocycles. The summed E-state index contributed by atoms with van der Waals surface area (Å²) in [5.74, 6) is 0.449. The molecule has 1 aliphatic rings. The van der Waals surface area contributed by atoms with E-state index in [9.17, 15) is 4.79 Å². The molecule has 0 atom stereocenters. The van der Waals surface area contributed by atoms with Gasteiger partial charge < -0.3 is 4.90 Å². The van der Waals surface area contributed by atoms with Crippen LogP contribution in [0.1, 0.15) is 41.3 Å². The molecule has 1 aliphatic heterocycles. The monoisotopic (exact) mass is 223 g/mol. The zero-order valence-electron chi connectivity index (χ0n) is 9.17. The Hall–Kier alpha value is -1.02. The van der Waals surface area contributed by atoms with Crippen molar-refractivity contribution < 1.29 is 4.79 Å². The summed E-state index contributed by atoms with van der Waals surface area (Å²) in [5.41, 5.74) is 2.90. The molecular formula is C12H14ClNO. The van der Waals surface area contributed by atoms with E-state index in [1.54, 1.807) is 4.90 Å². The quantitative estimate of drug-likeness (QED) is 0.717. The van der Waals surface area contributed by atoms with Crippen molar-refractivity contribution in [3.05, 3.63) is 33.8 Å². The van der Waals surface area contributed by atoms with Crippen LogP contribution in [-0.4, -0.2) is 17.9 Å². The van der Waals surface area contributed by atoms with Gasteiger partial charge in [0, 0.05) is 24.2 Å². The van der Waals surface area contributed by atoms with Crippen LogP contribution in [0.2, 0.25) is 5.02 Å². The lowest BCUT2D eigenvalue weighted by Gasteiger charge is -2.09. The number of nitrogens with zero attached hydrogens (tertiary/aromatic N) is 1. The first-order valence-corrected chi connectivity index (χ1v) is 5.46. The molecule has 0 saturated carbocycles. The van der Waals surface area contributed by atoms with E-state index in [1.165, 1.54) is 0 Å². The molecule has 1 amide bonds. The van der Waals surface area contributed by atoms with Gasteiger partial charge in [-0.05, 0) is 29.2 Å². The van der Waals surface area contributed by atoms with Crippen molar-refractivity contribution in [2.24, 2.45) is 0 Å². The van der Waals surface area contributed by atoms with E-state index < -0.39 is 0 Å². The summed E-state index contributed by atoms with van der Waals surface area (Å²) in [5, 5.41) is 0.770. The summed E-state index contributed by atoms with van der Waals surface area (Å²) in [6, 6.07) is 3.86. The van der Waals surface area contributed by atoms with Gasteiger partial charge in [-0.3, -0.25) is 4.79 Å². The summed E-state index contributed by atoms with van der Waals surface area (Å²) >= 11 is 6.17. The summed E-state index contributed by atoms with van der Waals surface area (Å²) in [6.07, 6.45) is 0. The number of fused-ring (bicyclic) bond motifs is 1. The van der Waals surface area contributed by atoms with Gasteiger partial charge in [0.1, 0.15) is 0 Å². The summed E-state index contributed by atoms with van der Waals surface area (Å²) in [6.45, 7) is 4.83. The fraction of sp³-hybridized carbons (Fsp3) is 0.417. The predicted octanol–water partition coefficient (Wildman–Crippen LogP) is 3.05. The molecule has 0 aromatic heterocycles. The Morgan fingerprint density at radius 2 is 2.07 bits per heavy atom. The van der Waals surface area contributed by atoms with E-state index in [-0.39, 0.29) is 5.91 Å². The highest BCUT2D eigenvalue weighted by Gasteiger charge is 2.25. The highest BCUT2D eigenvalue weighted by molar-refractivity contribution is 6.31. The predicted molar refractivity (Wildman–Crippen MR) is 61.3 cm³/mol. The Balaban J connectivity index is 2.55. The maximum Gasteiger partial charge on any atom is 0.254 e. The molecule has 80 valence electrons. The number of hydrogen-bond acceptors (Lipinski definition) is 1. The van der Waals surface area contributed by atoms with Gasteiger partial charge in [0.25, 0.3) is 5.91 Å². The van der Waals surface area contributed by atoms with Gasteiger partial charge in [-0.15, -0.1) is 0 Å². The molecule has 15 heavy (non-hydrogen) atoms. The van der Waals surface area contributed by atoms with E-state index in [4.69, 9.17) is 11.6 Å². The van der Waals surface area contributed by atoms with E-state index in [0.717, 1.165) is 21.7 Å². The van der Waals surface area contributed by atoms with Crippen molar-refractivity contribution in [1.82, 2.24) is 4.90 Å². The van der Waals surface area contributed by atoms with Crippen LogP contribution < -0.4 is 0 Å². The van der Waals surface area contributed by atoms with Crippen LogP contribution in [0.5, 0.6) is 0 Å². The molecule has 0 unspecified atom stereocenters. The topological polar surface area (TPSA) is 20.3 Å². The Morgan fingerprint density at radius 3 is 2.67 bits per heavy atom. The van der Waals surface area contributed by atoms with Crippen molar-refractivity contribution in [2.45, 2.75) is 26.3 Å². The second kappa shape index (κ2) is 3.53. The van der Waals surface area contributed by atoms with Gasteiger partial charge in [-0.1, -0.05) is 25.4 Å². The highest BCUT2D eigenvalue weighted by atomic mass is 35.5. The van der Waals surface area contributed by atoms with Gasteiger partial charge in [0.15, 0.2) is 0 Å². The molecule has 2 nitrogen and oxygen atoms in total. The normalized spacial score (nSPS) is 15.0. The minimum atomic E-state index is 0.101. The van der Waals surface area contributed by atoms with Gasteiger partial charge in [0.2, 0.25) is 0 Å². The van der Waals surface area contributed by atoms with Crippen molar-refractivity contribution in [3.8, 4) is 0 Å². The molecule has 0 radical (unpaired) electrons. The van der Waals surface area contributed by atoms with E-state index in [2.05, 4.69) is 13.8 Å². The fourth-order valence-electron chi connectivity index (χ4n) is 1.94. The average molecular weight is 224 g/mol. The van der Waals surface area contributed by atoms with Gasteiger partial charge in [0.05, 0.1) is 0 Å². The lowest BCUT2D eigenvalue weighted by Crippen LogP contribution is -2.17. The molecule has 1 heterocycles. The molecule has 0 fully saturated rings. The average Bonchev–Trinajstić information content (AvgIpc) is 2.41. The van der Waals surface area contributed by atoms with Crippen LogP contribution in [-0.2, 0) is 6.54 Å². The first-order valence-electron chi connectivity index (χ1n) is 5.08. The van der Waals surface area contributed by atoms with Gasteiger partial charge in [-0.25, -0.2) is 0 Å². The largest absolute Gasteiger partial charge is 0.337 e. The van der Waals surface area contributed by atoms with Crippen LogP contribution in [0.3, 0.4) is 0 Å². The standard InChI is InChI=1S/C12H14ClNO/c1-7(2)9-5-10-8(4-11(9)13)6-14(3)12(10)15/h4-5,7H,6H2,1-3H3. The van der Waals surface area contributed by atoms with Gasteiger partial charge >= 0.3 is 0 Å². The van der Waals surface area contributed by atoms with Gasteiger partial charge in [-0.2, -0.15) is 0 Å². The number of rotatable bonds is 1. The van der Waals surface area contributed by atoms with Crippen LogP contribution in [0.15, 0.2) is 12.1 Å². The second-order valence-electron chi connectivity index (χ2n) is 4.35. The van der Waals surface area contributed by atoms with E-state index in [0.29, 0.717) is 12.5 Å². The molecule has 0 spiro atoms. The Kier molecular flexibility index (Phi) is 2.47. The Morgan fingerprint density at radius 1 is 1.40 bits per heavy atom. The van der Waals surface area contributed by atoms with Crippen LogP contribution in [0.4, 0.5) is 0 Å². The number of benzene rings is 1. The first kappa shape index (κ1) is 10.5. The molecule has 1 aromatic rings. The van der Waals surface area contributed by atoms with Crippen molar-refractivity contribution >= 4 is 17.5 Å². The van der Waals surface area contributed by atoms with Crippen LogP contribution >= 0.6 is 11.6 Å². The summed E-state index contributed by atoms with van der Waals surface area (Å²) < 4.78 is 0. The lowest BCUT2D eigenvalue weighted by atomic mass is 9.98. The maximum absolute atomic E-state index is 11.8. The number of halogens is 1. The maximum atomic E-state index is 11.8. The minimum absolute atomic E-state index is 0.101. The molecule has 0 bridgehead atoms. The highest BCUT2D eigenvalue weighted by Crippen LogP contribution is 2.31. The summed E-state index contributed by atoms with van der Waals surface area (Å²) in [7, 11) is 1.81. The third-order valence-electron chi connectivity index (χ3n) is 2.83. The van der Waals surface area contributed by atoms with Crippen LogP contribution in [0.25, 0.3) is 0 Å². The molecule has 0 N–H and O–H groups in total. The molecular weight excluding hydrogens is 210 g/mol. The first-order chi connectivity index (χ1) is 7.00. The van der Waals surface area contributed by atoms with Crippen molar-refractivity contribution in [1.29, 1.82) is 0 Å². The molecule has 3 heteroatoms. The number of amides is 1. The van der Waals surface area contributed by atoms with E-state index >= 15 is 0 Å².